The molecule has 3 aromatic rings. The Bertz CT molecular complexity index is 1290. The van der Waals surface area contributed by atoms with Crippen LogP contribution in [0.25, 0.3) is 0 Å². The van der Waals surface area contributed by atoms with E-state index < -0.39 is 10.0 Å². The maximum Gasteiger partial charge on any atom is 0.264 e. The van der Waals surface area contributed by atoms with E-state index in [1.165, 1.54) is 22.8 Å². The first-order chi connectivity index (χ1) is 17.2. The number of sulfonamides is 1. The van der Waals surface area contributed by atoms with Crippen molar-refractivity contribution >= 4 is 27.3 Å². The number of anilines is 2. The second kappa shape index (κ2) is 11.2. The molecular weight excluding hydrogens is 470 g/mol. The zero-order chi connectivity index (χ0) is 25.7. The third-order valence-electron chi connectivity index (χ3n) is 6.63. The lowest BCUT2D eigenvalue weighted by molar-refractivity contribution is -0.119. The highest BCUT2D eigenvalue weighted by Crippen LogP contribution is 2.25. The molecule has 3 aromatic carbocycles. The summed E-state index contributed by atoms with van der Waals surface area (Å²) in [6, 6.07) is 22.1. The van der Waals surface area contributed by atoms with Crippen molar-refractivity contribution in [3.63, 3.8) is 0 Å². The zero-order valence-corrected chi connectivity index (χ0v) is 22.1. The lowest BCUT2D eigenvalue weighted by Gasteiger charge is -2.32. The Morgan fingerprint density at radius 2 is 1.72 bits per heavy atom. The minimum Gasteiger partial charge on any atom is -0.371 e. The average Bonchev–Trinajstić information content (AvgIpc) is 2.86. The monoisotopic (exact) mass is 505 g/mol. The molecule has 7 heteroatoms. The number of rotatable bonds is 8. The second-order valence-electron chi connectivity index (χ2n) is 9.80. The Morgan fingerprint density at radius 1 is 1.00 bits per heavy atom. The molecule has 0 spiro atoms. The van der Waals surface area contributed by atoms with Crippen molar-refractivity contribution < 1.29 is 13.2 Å². The second-order valence-corrected chi connectivity index (χ2v) is 11.7. The van der Waals surface area contributed by atoms with Gasteiger partial charge in [-0.05, 0) is 80.1 Å². The molecule has 6 nitrogen and oxygen atoms in total. The quantitative estimate of drug-likeness (QED) is 0.465. The number of carbonyl (C=O) groups is 1. The van der Waals surface area contributed by atoms with Gasteiger partial charge in [0.2, 0.25) is 5.91 Å². The van der Waals surface area contributed by atoms with E-state index in [4.69, 9.17) is 0 Å². The Balaban J connectivity index is 1.46. The molecule has 36 heavy (non-hydrogen) atoms. The minimum atomic E-state index is -3.92. The van der Waals surface area contributed by atoms with Gasteiger partial charge in [-0.2, -0.15) is 0 Å². The number of aryl methyl sites for hydroxylation is 2. The molecule has 1 atom stereocenters. The van der Waals surface area contributed by atoms with Crippen molar-refractivity contribution in [2.45, 2.75) is 45.1 Å². The third-order valence-corrected chi connectivity index (χ3v) is 8.42. The molecule has 0 aromatic heterocycles. The van der Waals surface area contributed by atoms with Crippen LogP contribution in [0.4, 0.5) is 11.4 Å². The number of nitrogens with zero attached hydrogens (tertiary/aromatic N) is 2. The summed E-state index contributed by atoms with van der Waals surface area (Å²) in [5, 5.41) is 2.89. The van der Waals surface area contributed by atoms with E-state index in [1.54, 1.807) is 42.5 Å². The molecule has 0 bridgehead atoms. The van der Waals surface area contributed by atoms with Crippen LogP contribution in [0.15, 0.2) is 77.7 Å². The molecule has 1 amide bonds. The topological polar surface area (TPSA) is 69.7 Å². The number of benzene rings is 3. The van der Waals surface area contributed by atoms with Crippen molar-refractivity contribution in [3.05, 3.63) is 89.5 Å². The molecule has 0 saturated carbocycles. The van der Waals surface area contributed by atoms with Crippen LogP contribution in [-0.4, -0.2) is 34.0 Å². The van der Waals surface area contributed by atoms with Crippen molar-refractivity contribution in [2.75, 3.05) is 28.8 Å². The van der Waals surface area contributed by atoms with Gasteiger partial charge in [-0.15, -0.1) is 0 Å². The predicted octanol–water partition coefficient (Wildman–Crippen LogP) is 5.05. The number of carbonyl (C=O) groups excluding carboxylic acids is 1. The van der Waals surface area contributed by atoms with Gasteiger partial charge in [0.1, 0.15) is 6.54 Å². The van der Waals surface area contributed by atoms with Crippen LogP contribution in [0.5, 0.6) is 0 Å². The molecule has 4 rings (SSSR count). The van der Waals surface area contributed by atoms with Crippen LogP contribution in [0, 0.1) is 19.8 Å². The van der Waals surface area contributed by atoms with Crippen LogP contribution in [0.1, 0.15) is 36.5 Å². The molecule has 1 saturated heterocycles. The predicted molar refractivity (Wildman–Crippen MR) is 146 cm³/mol. The highest BCUT2D eigenvalue weighted by molar-refractivity contribution is 7.92. The molecule has 1 fully saturated rings. The fourth-order valence-electron chi connectivity index (χ4n) is 4.57. The van der Waals surface area contributed by atoms with Crippen molar-refractivity contribution in [1.29, 1.82) is 0 Å². The van der Waals surface area contributed by atoms with Crippen LogP contribution >= 0.6 is 0 Å². The van der Waals surface area contributed by atoms with Gasteiger partial charge in [0.15, 0.2) is 0 Å². The lowest BCUT2D eigenvalue weighted by atomic mass is 9.99. The van der Waals surface area contributed by atoms with Gasteiger partial charge in [-0.1, -0.05) is 48.9 Å². The molecule has 0 radical (unpaired) electrons. The first kappa shape index (κ1) is 25.8. The zero-order valence-electron chi connectivity index (χ0n) is 21.3. The largest absolute Gasteiger partial charge is 0.371 e. The van der Waals surface area contributed by atoms with Gasteiger partial charge < -0.3 is 10.2 Å². The molecule has 1 aliphatic rings. The summed E-state index contributed by atoms with van der Waals surface area (Å²) in [5.41, 5.74) is 4.52. The van der Waals surface area contributed by atoms with E-state index in [2.05, 4.69) is 29.3 Å². The molecule has 1 aliphatic heterocycles. The Hall–Kier alpha value is -3.32. The van der Waals surface area contributed by atoms with Crippen LogP contribution < -0.4 is 14.5 Å². The first-order valence-electron chi connectivity index (χ1n) is 12.5. The maximum atomic E-state index is 13.5. The highest BCUT2D eigenvalue weighted by Gasteiger charge is 2.27. The van der Waals surface area contributed by atoms with E-state index >= 15 is 0 Å². The van der Waals surface area contributed by atoms with Gasteiger partial charge in [-0.3, -0.25) is 9.10 Å². The summed E-state index contributed by atoms with van der Waals surface area (Å²) in [6.45, 7) is 8.27. The first-order valence-corrected chi connectivity index (χ1v) is 13.9. The van der Waals surface area contributed by atoms with E-state index in [1.807, 2.05) is 32.0 Å². The van der Waals surface area contributed by atoms with Gasteiger partial charge in [0.25, 0.3) is 10.0 Å². The van der Waals surface area contributed by atoms with E-state index in [-0.39, 0.29) is 17.3 Å². The van der Waals surface area contributed by atoms with Crippen molar-refractivity contribution in [1.82, 2.24) is 5.32 Å². The fourth-order valence-corrected chi connectivity index (χ4v) is 5.98. The average molecular weight is 506 g/mol. The molecule has 1 unspecified atom stereocenters. The number of hydrogen-bond donors (Lipinski definition) is 1. The molecule has 1 N–H and O–H groups in total. The maximum absolute atomic E-state index is 13.5. The van der Waals surface area contributed by atoms with E-state index in [0.29, 0.717) is 18.2 Å². The Kier molecular flexibility index (Phi) is 7.99. The van der Waals surface area contributed by atoms with E-state index in [0.717, 1.165) is 29.8 Å². The molecule has 1 heterocycles. The van der Waals surface area contributed by atoms with Crippen molar-refractivity contribution in [3.8, 4) is 0 Å². The Morgan fingerprint density at radius 3 is 2.39 bits per heavy atom. The molecular formula is C29H35N3O3S. The summed E-state index contributed by atoms with van der Waals surface area (Å²) in [6.07, 6.45) is 2.49. The van der Waals surface area contributed by atoms with Crippen LogP contribution in [0.2, 0.25) is 0 Å². The van der Waals surface area contributed by atoms with Crippen molar-refractivity contribution in [2.24, 2.45) is 5.92 Å². The third kappa shape index (κ3) is 6.26. The van der Waals surface area contributed by atoms with Crippen LogP contribution in [-0.2, 0) is 21.4 Å². The summed E-state index contributed by atoms with van der Waals surface area (Å²) in [5.74, 6) is 0.339. The Labute approximate surface area is 215 Å². The molecule has 190 valence electrons. The summed E-state index contributed by atoms with van der Waals surface area (Å²) in [4.78, 5) is 15.5. The summed E-state index contributed by atoms with van der Waals surface area (Å²) >= 11 is 0. The summed E-state index contributed by atoms with van der Waals surface area (Å²) in [7, 11) is -3.92. The van der Waals surface area contributed by atoms with Gasteiger partial charge >= 0.3 is 0 Å². The van der Waals surface area contributed by atoms with Crippen LogP contribution in [0.3, 0.4) is 0 Å². The highest BCUT2D eigenvalue weighted by atomic mass is 32.2. The smallest absolute Gasteiger partial charge is 0.264 e. The SMILES string of the molecule is Cc1ccc(S(=O)(=O)N(CC(=O)NCc2ccc(N3CCCC(C)C3)cc2)c2cccc(C)c2)cc1. The standard InChI is InChI=1S/C29H35N3O3S/c1-22-9-15-28(16-10-22)36(34,35)32(27-8-4-6-23(2)18-27)21-29(33)30-19-25-11-13-26(14-12-25)31-17-5-7-24(3)20-31/h4,6,8-16,18,24H,5,7,17,19-21H2,1-3H3,(H,30,33). The molecule has 0 aliphatic carbocycles. The number of nitrogens with one attached hydrogen (secondary N) is 1. The van der Waals surface area contributed by atoms with Gasteiger partial charge in [0.05, 0.1) is 10.6 Å². The van der Waals surface area contributed by atoms with E-state index in [9.17, 15) is 13.2 Å². The normalized spacial score (nSPS) is 16.0. The fraction of sp³-hybridized carbons (Fsp3) is 0.345. The summed E-state index contributed by atoms with van der Waals surface area (Å²) < 4.78 is 28.2. The van der Waals surface area contributed by atoms with Gasteiger partial charge in [0, 0.05) is 25.3 Å². The number of amides is 1. The van der Waals surface area contributed by atoms with Gasteiger partial charge in [-0.25, -0.2) is 8.42 Å². The number of hydrogen-bond acceptors (Lipinski definition) is 4. The minimum absolute atomic E-state index is 0.157. The number of piperidine rings is 1. The lowest BCUT2D eigenvalue weighted by Crippen LogP contribution is -2.40.